The molecule has 5 nitrogen and oxygen atoms in total. The van der Waals surface area contributed by atoms with Gasteiger partial charge < -0.3 is 9.84 Å². The number of rotatable bonds is 3. The van der Waals surface area contributed by atoms with E-state index in [4.69, 9.17) is 0 Å². The number of hydrogen-bond donors (Lipinski definition) is 1. The van der Waals surface area contributed by atoms with Crippen LogP contribution in [0.3, 0.4) is 0 Å². The molecule has 0 spiro atoms. The van der Waals surface area contributed by atoms with Crippen LogP contribution < -0.4 is 0 Å². The van der Waals surface area contributed by atoms with Crippen molar-refractivity contribution in [1.82, 2.24) is 9.59 Å². The van der Waals surface area contributed by atoms with Gasteiger partial charge in [-0.15, -0.1) is 5.10 Å². The number of carbonyl (C=O) groups excluding carboxylic acids is 1. The summed E-state index contributed by atoms with van der Waals surface area (Å²) in [5.41, 5.74) is 0.408. The molecule has 1 N–H and O–H groups in total. The first-order valence-electron chi connectivity index (χ1n) is 3.26. The lowest BCUT2D eigenvalue weighted by Gasteiger charge is -2.03. The van der Waals surface area contributed by atoms with Crippen LogP contribution in [0.5, 0.6) is 0 Å². The molecular formula is C6H8N2O3S. The first-order valence-corrected chi connectivity index (χ1v) is 4.09. The molecule has 0 saturated carbocycles. The summed E-state index contributed by atoms with van der Waals surface area (Å²) in [6.45, 7) is 0. The van der Waals surface area contributed by atoms with Gasteiger partial charge in [-0.2, -0.15) is 0 Å². The van der Waals surface area contributed by atoms with E-state index < -0.39 is 12.1 Å². The maximum absolute atomic E-state index is 10.7. The highest BCUT2D eigenvalue weighted by Gasteiger charge is 2.15. The zero-order valence-electron chi connectivity index (χ0n) is 6.43. The molecule has 12 heavy (non-hydrogen) atoms. The lowest BCUT2D eigenvalue weighted by atomic mass is 10.2. The summed E-state index contributed by atoms with van der Waals surface area (Å²) >= 11 is 1.13. The van der Waals surface area contributed by atoms with Crippen LogP contribution in [0.15, 0.2) is 5.38 Å². The molecule has 1 rings (SSSR count). The molecular weight excluding hydrogens is 180 g/mol. The molecule has 1 aromatic heterocycles. The van der Waals surface area contributed by atoms with Crippen LogP contribution >= 0.6 is 11.5 Å². The Bertz CT molecular complexity index is 249. The normalized spacial score (nSPS) is 12.5. The number of methoxy groups -OCH3 is 1. The van der Waals surface area contributed by atoms with Gasteiger partial charge in [-0.05, 0) is 11.5 Å². The maximum atomic E-state index is 10.7. The zero-order valence-corrected chi connectivity index (χ0v) is 7.24. The Balaban J connectivity index is 2.49. The van der Waals surface area contributed by atoms with E-state index in [1.165, 1.54) is 7.11 Å². The van der Waals surface area contributed by atoms with Crippen molar-refractivity contribution >= 4 is 17.5 Å². The molecule has 0 unspecified atom stereocenters. The highest BCUT2D eigenvalue weighted by atomic mass is 32.1. The molecule has 0 aliphatic carbocycles. The summed E-state index contributed by atoms with van der Waals surface area (Å²) in [6, 6.07) is 0. The Hall–Kier alpha value is -1.01. The van der Waals surface area contributed by atoms with Crippen LogP contribution in [0.2, 0.25) is 0 Å². The highest BCUT2D eigenvalue weighted by Crippen LogP contribution is 2.14. The van der Waals surface area contributed by atoms with Crippen molar-refractivity contribution in [1.29, 1.82) is 0 Å². The predicted octanol–water partition coefficient (Wildman–Crippen LogP) is 0.135. The van der Waals surface area contributed by atoms with E-state index >= 15 is 0 Å². The van der Waals surface area contributed by atoms with Gasteiger partial charge >= 0.3 is 5.97 Å². The van der Waals surface area contributed by atoms with Crippen LogP contribution in [0.1, 0.15) is 18.2 Å². The Morgan fingerprint density at radius 1 is 1.92 bits per heavy atom. The van der Waals surface area contributed by atoms with E-state index in [1.54, 1.807) is 5.38 Å². The number of esters is 1. The summed E-state index contributed by atoms with van der Waals surface area (Å²) in [5, 5.41) is 14.5. The molecule has 66 valence electrons. The number of carbonyl (C=O) groups is 1. The van der Waals surface area contributed by atoms with Gasteiger partial charge in [0, 0.05) is 5.38 Å². The topological polar surface area (TPSA) is 72.3 Å². The van der Waals surface area contributed by atoms with E-state index in [-0.39, 0.29) is 6.42 Å². The summed E-state index contributed by atoms with van der Waals surface area (Å²) < 4.78 is 7.93. The van der Waals surface area contributed by atoms with Crippen molar-refractivity contribution < 1.29 is 14.6 Å². The third-order valence-corrected chi connectivity index (χ3v) is 1.83. The molecule has 0 aliphatic heterocycles. The number of aliphatic hydroxyl groups is 1. The van der Waals surface area contributed by atoms with Gasteiger partial charge in [-0.25, -0.2) is 0 Å². The number of aromatic nitrogens is 2. The minimum absolute atomic E-state index is 0.0814. The van der Waals surface area contributed by atoms with Crippen LogP contribution in [0, 0.1) is 0 Å². The number of aliphatic hydroxyl groups excluding tert-OH is 1. The Morgan fingerprint density at radius 3 is 3.17 bits per heavy atom. The third-order valence-electron chi connectivity index (χ3n) is 1.31. The second kappa shape index (κ2) is 4.13. The lowest BCUT2D eigenvalue weighted by molar-refractivity contribution is -0.142. The molecule has 6 heteroatoms. The standard InChI is InChI=1S/C6H8N2O3S/c1-11-6(10)2-5(9)4-3-12-8-7-4/h3,5,9H,2H2,1H3/t5-/m0/s1. The van der Waals surface area contributed by atoms with Gasteiger partial charge in [0.05, 0.1) is 13.5 Å². The van der Waals surface area contributed by atoms with Crippen molar-refractivity contribution in [3.05, 3.63) is 11.1 Å². The smallest absolute Gasteiger partial charge is 0.308 e. The molecule has 0 aliphatic rings. The average Bonchev–Trinajstić information content (AvgIpc) is 2.56. The van der Waals surface area contributed by atoms with E-state index in [1.807, 2.05) is 0 Å². The summed E-state index contributed by atoms with van der Waals surface area (Å²) in [7, 11) is 1.27. The van der Waals surface area contributed by atoms with Crippen molar-refractivity contribution in [2.45, 2.75) is 12.5 Å². The Kier molecular flexibility index (Phi) is 3.12. The average molecular weight is 188 g/mol. The summed E-state index contributed by atoms with van der Waals surface area (Å²) in [5.74, 6) is -0.463. The van der Waals surface area contributed by atoms with Gasteiger partial charge in [0.25, 0.3) is 0 Å². The number of ether oxygens (including phenoxy) is 1. The Morgan fingerprint density at radius 2 is 2.67 bits per heavy atom. The van der Waals surface area contributed by atoms with E-state index in [2.05, 4.69) is 14.3 Å². The van der Waals surface area contributed by atoms with E-state index in [0.717, 1.165) is 11.5 Å². The monoisotopic (exact) mass is 188 g/mol. The van der Waals surface area contributed by atoms with Gasteiger partial charge in [0.2, 0.25) is 0 Å². The maximum Gasteiger partial charge on any atom is 0.308 e. The fourth-order valence-electron chi connectivity index (χ4n) is 0.663. The molecule has 0 saturated heterocycles. The number of nitrogens with zero attached hydrogens (tertiary/aromatic N) is 2. The van der Waals surface area contributed by atoms with Crippen molar-refractivity contribution in [3.63, 3.8) is 0 Å². The first kappa shape index (κ1) is 9.08. The molecule has 1 heterocycles. The van der Waals surface area contributed by atoms with Gasteiger partial charge in [-0.3, -0.25) is 4.79 Å². The van der Waals surface area contributed by atoms with Crippen molar-refractivity contribution in [2.75, 3.05) is 7.11 Å². The highest BCUT2D eigenvalue weighted by molar-refractivity contribution is 7.03. The van der Waals surface area contributed by atoms with Crippen LogP contribution in [0.4, 0.5) is 0 Å². The molecule has 0 amide bonds. The molecule has 0 bridgehead atoms. The van der Waals surface area contributed by atoms with Crippen LogP contribution in [-0.4, -0.2) is 27.8 Å². The second-order valence-corrected chi connectivity index (χ2v) is 2.74. The molecule has 0 aromatic carbocycles. The Labute approximate surface area is 73.1 Å². The van der Waals surface area contributed by atoms with Gasteiger partial charge in [-0.1, -0.05) is 4.49 Å². The van der Waals surface area contributed by atoms with Crippen molar-refractivity contribution in [3.8, 4) is 0 Å². The molecule has 0 radical (unpaired) electrons. The third kappa shape index (κ3) is 2.24. The fraction of sp³-hybridized carbons (Fsp3) is 0.500. The predicted molar refractivity (Wildman–Crippen MR) is 41.5 cm³/mol. The fourth-order valence-corrected chi connectivity index (χ4v) is 1.16. The molecule has 1 aromatic rings. The SMILES string of the molecule is COC(=O)C[C@H](O)c1csnn1. The first-order chi connectivity index (χ1) is 5.74. The minimum Gasteiger partial charge on any atom is -0.469 e. The van der Waals surface area contributed by atoms with Gasteiger partial charge in [0.1, 0.15) is 11.8 Å². The van der Waals surface area contributed by atoms with Crippen LogP contribution in [-0.2, 0) is 9.53 Å². The van der Waals surface area contributed by atoms with E-state index in [0.29, 0.717) is 5.69 Å². The number of hydrogen-bond acceptors (Lipinski definition) is 6. The largest absolute Gasteiger partial charge is 0.469 e. The lowest BCUT2D eigenvalue weighted by Crippen LogP contribution is -2.08. The summed E-state index contributed by atoms with van der Waals surface area (Å²) in [4.78, 5) is 10.7. The summed E-state index contributed by atoms with van der Waals surface area (Å²) in [6.07, 6.45) is -0.988. The van der Waals surface area contributed by atoms with E-state index in [9.17, 15) is 9.90 Å². The van der Waals surface area contributed by atoms with Gasteiger partial charge in [0.15, 0.2) is 0 Å². The molecule has 1 atom stereocenters. The quantitative estimate of drug-likeness (QED) is 0.683. The molecule has 0 fully saturated rings. The second-order valence-electron chi connectivity index (χ2n) is 2.13. The van der Waals surface area contributed by atoms with Crippen LogP contribution in [0.25, 0.3) is 0 Å². The zero-order chi connectivity index (χ0) is 8.97. The van der Waals surface area contributed by atoms with Crippen molar-refractivity contribution in [2.24, 2.45) is 0 Å². The minimum atomic E-state index is -0.906.